The van der Waals surface area contributed by atoms with E-state index in [1.54, 1.807) is 0 Å². The second kappa shape index (κ2) is 9.66. The van der Waals surface area contributed by atoms with Gasteiger partial charge < -0.3 is 20.1 Å². The molecular weight excluding hydrogens is 434 g/mol. The molecule has 35 heavy (non-hydrogen) atoms. The van der Waals surface area contributed by atoms with Gasteiger partial charge in [-0.25, -0.2) is 4.98 Å². The third kappa shape index (κ3) is 4.78. The number of benzene rings is 2. The number of rotatable bonds is 6. The minimum atomic E-state index is -0.218. The van der Waals surface area contributed by atoms with Gasteiger partial charge in [-0.3, -0.25) is 4.79 Å². The average Bonchev–Trinajstić information content (AvgIpc) is 3.22. The Kier molecular flexibility index (Phi) is 6.27. The molecule has 1 saturated heterocycles. The summed E-state index contributed by atoms with van der Waals surface area (Å²) in [6.07, 6.45) is 7.58. The van der Waals surface area contributed by atoms with Gasteiger partial charge in [0.15, 0.2) is 0 Å². The number of nitrogens with one attached hydrogen (secondary N) is 2. The first-order chi connectivity index (χ1) is 17.0. The summed E-state index contributed by atoms with van der Waals surface area (Å²) in [6, 6.07) is 18.6. The summed E-state index contributed by atoms with van der Waals surface area (Å²) in [5, 5.41) is 7.63. The summed E-state index contributed by atoms with van der Waals surface area (Å²) in [4.78, 5) is 19.1. The van der Waals surface area contributed by atoms with Gasteiger partial charge in [0.2, 0.25) is 5.91 Å². The number of carbonyl (C=O) groups is 1. The van der Waals surface area contributed by atoms with Crippen LogP contribution in [0.1, 0.15) is 19.8 Å². The van der Waals surface area contributed by atoms with Crippen molar-refractivity contribution in [3.8, 4) is 11.1 Å². The molecule has 0 spiro atoms. The topological polar surface area (TPSA) is 62.2 Å². The maximum absolute atomic E-state index is 12.2. The van der Waals surface area contributed by atoms with Gasteiger partial charge in [0, 0.05) is 54.7 Å². The lowest BCUT2D eigenvalue weighted by Gasteiger charge is -2.33. The predicted octanol–water partition coefficient (Wildman–Crippen LogP) is 6.34. The smallest absolute Gasteiger partial charge is 0.247 e. The highest BCUT2D eigenvalue weighted by molar-refractivity contribution is 6.02. The summed E-state index contributed by atoms with van der Waals surface area (Å²) in [6.45, 7) is 7.87. The Balaban J connectivity index is 1.44. The fourth-order valence-electron chi connectivity index (χ4n) is 4.81. The Morgan fingerprint density at radius 3 is 2.71 bits per heavy atom. The Morgan fingerprint density at radius 1 is 1.11 bits per heavy atom. The number of aromatic nitrogens is 2. The molecule has 0 aliphatic carbocycles. The number of pyridine rings is 1. The zero-order chi connectivity index (χ0) is 24.4. The molecule has 0 saturated carbocycles. The highest BCUT2D eigenvalue weighted by Crippen LogP contribution is 2.34. The van der Waals surface area contributed by atoms with Gasteiger partial charge in [0.1, 0.15) is 5.82 Å². The van der Waals surface area contributed by atoms with Crippen LogP contribution in [0, 0.1) is 5.92 Å². The van der Waals surface area contributed by atoms with Crippen molar-refractivity contribution >= 4 is 39.7 Å². The second-order valence-electron chi connectivity index (χ2n) is 9.32. The average molecular weight is 466 g/mol. The molecule has 5 rings (SSSR count). The highest BCUT2D eigenvalue weighted by Gasteiger charge is 2.19. The largest absolute Gasteiger partial charge is 0.370 e. The number of nitrogens with zero attached hydrogens (tertiary/aromatic N) is 3. The van der Waals surface area contributed by atoms with Crippen LogP contribution in [0.3, 0.4) is 0 Å². The van der Waals surface area contributed by atoms with Gasteiger partial charge in [-0.15, -0.1) is 0 Å². The second-order valence-corrected chi connectivity index (χ2v) is 9.32. The van der Waals surface area contributed by atoms with Crippen molar-refractivity contribution in [2.75, 3.05) is 28.6 Å². The summed E-state index contributed by atoms with van der Waals surface area (Å²) >= 11 is 0. The number of para-hydroxylation sites is 1. The van der Waals surface area contributed by atoms with Crippen molar-refractivity contribution < 1.29 is 4.79 Å². The Bertz CT molecular complexity index is 1380. The molecule has 0 unspecified atom stereocenters. The SMILES string of the molecule is C=CC(=O)Nc1cc(Nc2cc(-c3cn(C)c4ccccc34)ccn2)ccc1N1CCC(C)CC1. The van der Waals surface area contributed by atoms with Gasteiger partial charge in [-0.05, 0) is 66.8 Å². The zero-order valence-electron chi connectivity index (χ0n) is 20.3. The molecule has 178 valence electrons. The highest BCUT2D eigenvalue weighted by atomic mass is 16.1. The van der Waals surface area contributed by atoms with Crippen molar-refractivity contribution in [2.45, 2.75) is 19.8 Å². The maximum atomic E-state index is 12.2. The van der Waals surface area contributed by atoms with E-state index in [1.807, 2.05) is 24.4 Å². The molecule has 0 radical (unpaired) electrons. The van der Waals surface area contributed by atoms with Gasteiger partial charge in [0.25, 0.3) is 0 Å². The molecule has 2 aromatic heterocycles. The molecule has 0 atom stereocenters. The summed E-state index contributed by atoms with van der Waals surface area (Å²) in [5.41, 5.74) is 6.13. The van der Waals surface area contributed by atoms with Crippen molar-refractivity contribution in [1.82, 2.24) is 9.55 Å². The molecule has 2 N–H and O–H groups in total. The lowest BCUT2D eigenvalue weighted by Crippen LogP contribution is -2.33. The number of carbonyl (C=O) groups excluding carboxylic acids is 1. The first kappa shape index (κ1) is 22.7. The molecule has 2 aromatic carbocycles. The van der Waals surface area contributed by atoms with E-state index in [-0.39, 0.29) is 5.91 Å². The van der Waals surface area contributed by atoms with E-state index in [9.17, 15) is 4.79 Å². The number of anilines is 4. The van der Waals surface area contributed by atoms with Gasteiger partial charge >= 0.3 is 0 Å². The van der Waals surface area contributed by atoms with Crippen LogP contribution in [0.25, 0.3) is 22.0 Å². The Morgan fingerprint density at radius 2 is 1.91 bits per heavy atom. The van der Waals surface area contributed by atoms with Crippen LogP contribution in [0.5, 0.6) is 0 Å². The van der Waals surface area contributed by atoms with E-state index in [1.165, 1.54) is 22.5 Å². The number of hydrogen-bond donors (Lipinski definition) is 2. The number of amides is 1. The van der Waals surface area contributed by atoms with E-state index in [0.717, 1.165) is 60.3 Å². The molecule has 1 amide bonds. The van der Waals surface area contributed by atoms with Gasteiger partial charge in [-0.2, -0.15) is 0 Å². The molecule has 1 aliphatic heterocycles. The quantitative estimate of drug-likeness (QED) is 0.326. The molecule has 1 aliphatic rings. The normalized spacial score (nSPS) is 14.2. The van der Waals surface area contributed by atoms with Crippen LogP contribution in [-0.2, 0) is 11.8 Å². The summed E-state index contributed by atoms with van der Waals surface area (Å²) in [7, 11) is 2.07. The summed E-state index contributed by atoms with van der Waals surface area (Å²) in [5.74, 6) is 1.26. The minimum absolute atomic E-state index is 0.218. The summed E-state index contributed by atoms with van der Waals surface area (Å²) < 4.78 is 2.15. The van der Waals surface area contributed by atoms with Crippen molar-refractivity contribution in [1.29, 1.82) is 0 Å². The van der Waals surface area contributed by atoms with Crippen molar-refractivity contribution in [3.63, 3.8) is 0 Å². The van der Waals surface area contributed by atoms with E-state index >= 15 is 0 Å². The molecule has 3 heterocycles. The van der Waals surface area contributed by atoms with Crippen LogP contribution < -0.4 is 15.5 Å². The Hall–Kier alpha value is -4.06. The molecule has 1 fully saturated rings. The third-order valence-electron chi connectivity index (χ3n) is 6.80. The standard InChI is InChI=1S/C29H31N5O/c1-4-29(35)32-25-18-22(9-10-27(25)34-15-12-20(2)13-16-34)31-28-17-21(11-14-30-28)24-19-33(3)26-8-6-5-7-23(24)26/h4-11,14,17-20H,1,12-13,15-16H2,2-3H3,(H,30,31)(H,32,35). The number of piperidine rings is 1. The number of hydrogen-bond acceptors (Lipinski definition) is 4. The van der Waals surface area contributed by atoms with Crippen molar-refractivity contribution in [3.05, 3.63) is 79.6 Å². The van der Waals surface area contributed by atoms with E-state index in [4.69, 9.17) is 0 Å². The first-order valence-electron chi connectivity index (χ1n) is 12.1. The fourth-order valence-corrected chi connectivity index (χ4v) is 4.81. The maximum Gasteiger partial charge on any atom is 0.247 e. The van der Waals surface area contributed by atoms with Crippen molar-refractivity contribution in [2.24, 2.45) is 13.0 Å². The number of aryl methyl sites for hydroxylation is 1. The van der Waals surface area contributed by atoms with Crippen LogP contribution in [0.15, 0.2) is 79.6 Å². The predicted molar refractivity (Wildman–Crippen MR) is 145 cm³/mol. The molecule has 6 nitrogen and oxygen atoms in total. The number of fused-ring (bicyclic) bond motifs is 1. The van der Waals surface area contributed by atoms with Gasteiger partial charge in [0.05, 0.1) is 11.4 Å². The van der Waals surface area contributed by atoms with Crippen LogP contribution >= 0.6 is 0 Å². The van der Waals surface area contributed by atoms with E-state index < -0.39 is 0 Å². The van der Waals surface area contributed by atoms with Crippen LogP contribution in [0.2, 0.25) is 0 Å². The fraction of sp³-hybridized carbons (Fsp3) is 0.241. The van der Waals surface area contributed by atoms with Gasteiger partial charge in [-0.1, -0.05) is 31.7 Å². The van der Waals surface area contributed by atoms with E-state index in [2.05, 4.69) is 88.2 Å². The third-order valence-corrected chi connectivity index (χ3v) is 6.80. The monoisotopic (exact) mass is 465 g/mol. The minimum Gasteiger partial charge on any atom is -0.370 e. The molecule has 6 heteroatoms. The molecule has 0 bridgehead atoms. The molecule has 4 aromatic rings. The molecular formula is C29H31N5O. The first-order valence-corrected chi connectivity index (χ1v) is 12.1. The lowest BCUT2D eigenvalue weighted by molar-refractivity contribution is -0.111. The zero-order valence-corrected chi connectivity index (χ0v) is 20.3. The Labute approximate surface area is 206 Å². The van der Waals surface area contributed by atoms with E-state index in [0.29, 0.717) is 0 Å². The van der Waals surface area contributed by atoms with Crippen LogP contribution in [0.4, 0.5) is 22.9 Å². The van der Waals surface area contributed by atoms with Crippen LogP contribution in [-0.4, -0.2) is 28.5 Å². The lowest BCUT2D eigenvalue weighted by atomic mass is 9.98.